The molecule has 8 aromatic rings. The molecule has 47 heavy (non-hydrogen) atoms. The van der Waals surface area contributed by atoms with E-state index < -0.39 is 0 Å². The number of nitrogens with zero attached hydrogens (tertiary/aromatic N) is 1. The quantitative estimate of drug-likeness (QED) is 0.177. The largest absolute Gasteiger partial charge is 0.308 e. The lowest BCUT2D eigenvalue weighted by Crippen LogP contribution is -2.19. The molecule has 1 nitrogen and oxygen atoms in total. The van der Waals surface area contributed by atoms with E-state index in [9.17, 15) is 0 Å². The van der Waals surface area contributed by atoms with Gasteiger partial charge in [-0.25, -0.2) is 0 Å². The van der Waals surface area contributed by atoms with E-state index in [0.717, 1.165) is 0 Å². The second-order valence-electron chi connectivity index (χ2n) is 14.8. The first-order chi connectivity index (χ1) is 22.9. The van der Waals surface area contributed by atoms with Crippen molar-refractivity contribution in [2.24, 2.45) is 0 Å². The van der Waals surface area contributed by atoms with Crippen LogP contribution < -0.4 is 0 Å². The van der Waals surface area contributed by atoms with Crippen LogP contribution in [-0.2, 0) is 10.8 Å². The second kappa shape index (κ2) is 8.30. The predicted octanol–water partition coefficient (Wildman–Crippen LogP) is 12.2. The fourth-order valence-electron chi connectivity index (χ4n) is 10.00. The average Bonchev–Trinajstić information content (AvgIpc) is 3.75. The molecule has 0 saturated carbocycles. The summed E-state index contributed by atoms with van der Waals surface area (Å²) >= 11 is 0. The zero-order valence-electron chi connectivity index (χ0n) is 27.1. The third-order valence-electron chi connectivity index (χ3n) is 11.9. The summed E-state index contributed by atoms with van der Waals surface area (Å²) in [7, 11) is 0. The molecule has 3 aliphatic carbocycles. The number of aromatic nitrogens is 1. The van der Waals surface area contributed by atoms with Crippen LogP contribution in [0.25, 0.3) is 82.8 Å². The van der Waals surface area contributed by atoms with Crippen molar-refractivity contribution in [2.45, 2.75) is 38.5 Å². The molecular weight excluding hydrogens is 567 g/mol. The van der Waals surface area contributed by atoms with E-state index in [1.807, 2.05) is 0 Å². The number of hydrogen-bond donors (Lipinski definition) is 0. The number of para-hydroxylation sites is 1. The highest BCUT2D eigenvalue weighted by molar-refractivity contribution is 6.24. The lowest BCUT2D eigenvalue weighted by molar-refractivity contribution is 0.650. The summed E-state index contributed by atoms with van der Waals surface area (Å²) in [5, 5.41) is 5.39. The van der Waals surface area contributed by atoms with Crippen LogP contribution in [0.15, 0.2) is 127 Å². The van der Waals surface area contributed by atoms with Gasteiger partial charge in [0.25, 0.3) is 0 Å². The molecule has 0 radical (unpaired) electrons. The van der Waals surface area contributed by atoms with Gasteiger partial charge in [-0.1, -0.05) is 143 Å². The zero-order valence-corrected chi connectivity index (χ0v) is 27.1. The third-order valence-corrected chi connectivity index (χ3v) is 11.9. The van der Waals surface area contributed by atoms with Gasteiger partial charge in [-0.15, -0.1) is 0 Å². The van der Waals surface area contributed by atoms with E-state index in [1.165, 1.54) is 105 Å². The highest BCUT2D eigenvalue weighted by atomic mass is 15.0. The third kappa shape index (κ3) is 2.85. The van der Waals surface area contributed by atoms with Crippen molar-refractivity contribution in [1.82, 2.24) is 4.57 Å². The van der Waals surface area contributed by atoms with E-state index in [4.69, 9.17) is 0 Å². The van der Waals surface area contributed by atoms with Crippen molar-refractivity contribution < 1.29 is 0 Å². The van der Waals surface area contributed by atoms with Crippen LogP contribution in [0.4, 0.5) is 0 Å². The minimum Gasteiger partial charge on any atom is -0.308 e. The van der Waals surface area contributed by atoms with Gasteiger partial charge in [-0.3, -0.25) is 0 Å². The number of rotatable bonds is 1. The van der Waals surface area contributed by atoms with E-state index in [1.54, 1.807) is 0 Å². The van der Waals surface area contributed by atoms with Crippen LogP contribution in [0.1, 0.15) is 49.9 Å². The van der Waals surface area contributed by atoms with E-state index in [2.05, 4.69) is 160 Å². The van der Waals surface area contributed by atoms with Gasteiger partial charge in [0, 0.05) is 27.0 Å². The molecule has 0 bridgehead atoms. The van der Waals surface area contributed by atoms with Crippen LogP contribution in [-0.4, -0.2) is 4.57 Å². The molecule has 3 aliphatic rings. The van der Waals surface area contributed by atoms with Crippen LogP contribution in [0, 0.1) is 0 Å². The van der Waals surface area contributed by atoms with Crippen molar-refractivity contribution in [2.75, 3.05) is 0 Å². The van der Waals surface area contributed by atoms with Gasteiger partial charge < -0.3 is 4.57 Å². The molecule has 1 heterocycles. The van der Waals surface area contributed by atoms with Crippen molar-refractivity contribution in [3.8, 4) is 50.2 Å². The summed E-state index contributed by atoms with van der Waals surface area (Å²) < 4.78 is 2.64. The smallest absolute Gasteiger partial charge is 0.0594 e. The topological polar surface area (TPSA) is 4.93 Å². The SMILES string of the molecule is CC1(C)c2ccccc2-c2c1c1c(c3c2c2ccccc2n3-c2ccc3c4c(cccc24)-c2ccccc2-3)C(C)(C)c2ccccc2-1. The monoisotopic (exact) mass is 599 g/mol. The van der Waals surface area contributed by atoms with Gasteiger partial charge in [-0.05, 0) is 84.3 Å². The molecular formula is C46H33N. The maximum atomic E-state index is 2.64. The Morgan fingerprint density at radius 3 is 1.66 bits per heavy atom. The molecule has 0 spiro atoms. The maximum absolute atomic E-state index is 2.64. The molecule has 11 rings (SSSR count). The zero-order chi connectivity index (χ0) is 31.4. The fourth-order valence-corrected chi connectivity index (χ4v) is 10.00. The lowest BCUT2D eigenvalue weighted by atomic mass is 9.76. The second-order valence-corrected chi connectivity index (χ2v) is 14.8. The van der Waals surface area contributed by atoms with Crippen LogP contribution in [0.2, 0.25) is 0 Å². The van der Waals surface area contributed by atoms with Crippen molar-refractivity contribution in [3.05, 3.63) is 150 Å². The highest BCUT2D eigenvalue weighted by Gasteiger charge is 2.47. The lowest BCUT2D eigenvalue weighted by Gasteiger charge is -2.28. The van der Waals surface area contributed by atoms with Gasteiger partial charge in [0.2, 0.25) is 0 Å². The first kappa shape index (κ1) is 25.8. The maximum Gasteiger partial charge on any atom is 0.0594 e. The van der Waals surface area contributed by atoms with Gasteiger partial charge in [-0.2, -0.15) is 0 Å². The summed E-state index contributed by atoms with van der Waals surface area (Å²) in [4.78, 5) is 0. The van der Waals surface area contributed by atoms with Crippen molar-refractivity contribution in [3.63, 3.8) is 0 Å². The number of hydrogen-bond acceptors (Lipinski definition) is 0. The number of benzene rings is 7. The first-order valence-electron chi connectivity index (χ1n) is 16.9. The normalized spacial score (nSPS) is 15.6. The molecule has 0 fully saturated rings. The highest BCUT2D eigenvalue weighted by Crippen LogP contribution is 2.63. The number of fused-ring (bicyclic) bond motifs is 15. The Kier molecular flexibility index (Phi) is 4.55. The predicted molar refractivity (Wildman–Crippen MR) is 198 cm³/mol. The summed E-state index contributed by atoms with van der Waals surface area (Å²) in [6.45, 7) is 9.78. The first-order valence-corrected chi connectivity index (χ1v) is 16.9. The minimum atomic E-state index is -0.179. The average molecular weight is 600 g/mol. The Bertz CT molecular complexity index is 2700. The molecule has 0 aliphatic heterocycles. The molecule has 222 valence electrons. The van der Waals surface area contributed by atoms with Crippen LogP contribution in [0.3, 0.4) is 0 Å². The standard InChI is InChI=1S/C46H33N/c1-45(2)34-21-10-7-16-30(34)39-40-33-18-9-12-23-36(33)47(44(40)43-41(42(39)45)31-17-8-11-22-35(31)46(43,3)4)37-25-24-29-27-15-6-5-14-26(27)28-19-13-20-32(37)38(28)29/h5-25H,1-4H3. The molecule has 0 unspecified atom stereocenters. The molecule has 0 amide bonds. The van der Waals surface area contributed by atoms with Crippen LogP contribution >= 0.6 is 0 Å². The van der Waals surface area contributed by atoms with Gasteiger partial charge in [0.1, 0.15) is 0 Å². The summed E-state index contributed by atoms with van der Waals surface area (Å²) in [6, 6.07) is 48.0. The fraction of sp³-hybridized carbons (Fsp3) is 0.130. The van der Waals surface area contributed by atoms with Gasteiger partial charge >= 0.3 is 0 Å². The van der Waals surface area contributed by atoms with E-state index >= 15 is 0 Å². The molecule has 0 N–H and O–H groups in total. The van der Waals surface area contributed by atoms with E-state index in [0.29, 0.717) is 0 Å². The molecule has 0 atom stereocenters. The van der Waals surface area contributed by atoms with E-state index in [-0.39, 0.29) is 10.8 Å². The Hall–Kier alpha value is -5.40. The Morgan fingerprint density at radius 1 is 0.404 bits per heavy atom. The summed E-state index contributed by atoms with van der Waals surface area (Å²) in [5.41, 5.74) is 20.3. The van der Waals surface area contributed by atoms with Crippen molar-refractivity contribution >= 4 is 32.6 Å². The van der Waals surface area contributed by atoms with Crippen LogP contribution in [0.5, 0.6) is 0 Å². The molecule has 7 aromatic carbocycles. The molecule has 1 aromatic heterocycles. The van der Waals surface area contributed by atoms with Gasteiger partial charge in [0.15, 0.2) is 0 Å². The van der Waals surface area contributed by atoms with Gasteiger partial charge in [0.05, 0.1) is 16.7 Å². The summed E-state index contributed by atoms with van der Waals surface area (Å²) in [5.74, 6) is 0. The Labute approximate surface area is 274 Å². The Balaban J connectivity index is 1.40. The molecule has 1 heteroatoms. The Morgan fingerprint density at radius 2 is 0.936 bits per heavy atom. The summed E-state index contributed by atoms with van der Waals surface area (Å²) in [6.07, 6.45) is 0. The van der Waals surface area contributed by atoms with Crippen molar-refractivity contribution in [1.29, 1.82) is 0 Å². The molecule has 0 saturated heterocycles. The minimum absolute atomic E-state index is 0.130.